The zero-order valence-electron chi connectivity index (χ0n) is 14.5. The molecule has 0 aromatic rings. The second-order valence-corrected chi connectivity index (χ2v) is 7.64. The van der Waals surface area contributed by atoms with Crippen molar-refractivity contribution in [2.24, 2.45) is 5.41 Å². The number of hydrogen-bond donors (Lipinski definition) is 0. The molecule has 0 N–H and O–H groups in total. The van der Waals surface area contributed by atoms with Crippen LogP contribution in [0.4, 0.5) is 0 Å². The molecule has 0 saturated heterocycles. The van der Waals surface area contributed by atoms with Gasteiger partial charge in [0.1, 0.15) is 0 Å². The van der Waals surface area contributed by atoms with E-state index in [0.29, 0.717) is 6.61 Å². The van der Waals surface area contributed by atoms with E-state index < -0.39 is 5.79 Å². The zero-order chi connectivity index (χ0) is 15.7. The van der Waals surface area contributed by atoms with Gasteiger partial charge in [-0.15, -0.1) is 0 Å². The van der Waals surface area contributed by atoms with Gasteiger partial charge in [0.25, 0.3) is 0 Å². The van der Waals surface area contributed by atoms with Crippen LogP contribution >= 0.6 is 0 Å². The molecule has 0 aromatic heterocycles. The molecule has 23 heavy (non-hydrogen) atoms. The van der Waals surface area contributed by atoms with Gasteiger partial charge in [0, 0.05) is 0 Å². The Bertz CT molecular complexity index is 542. The van der Waals surface area contributed by atoms with Gasteiger partial charge in [-0.2, -0.15) is 0 Å². The second kappa shape index (κ2) is 8.92. The van der Waals surface area contributed by atoms with Crippen LogP contribution in [0, 0.1) is 5.41 Å². The first-order valence-corrected chi connectivity index (χ1v) is 8.40. The van der Waals surface area contributed by atoms with Gasteiger partial charge in [-0.3, -0.25) is 0 Å². The first kappa shape index (κ1) is 23.0. The Morgan fingerprint density at radius 3 is 2.39 bits per heavy atom. The van der Waals surface area contributed by atoms with Crippen molar-refractivity contribution < 1.29 is 54.7 Å². The van der Waals surface area contributed by atoms with Gasteiger partial charge in [0.05, 0.1) is 0 Å². The number of allylic oxidation sites excluding steroid dienone is 5. The van der Waals surface area contributed by atoms with Gasteiger partial charge in [0.15, 0.2) is 0 Å². The molecular weight excluding hydrogens is 367 g/mol. The molecule has 0 radical (unpaired) electrons. The fraction of sp³-hybridized carbons (Fsp3) is 0.556. The van der Waals surface area contributed by atoms with Crippen molar-refractivity contribution in [2.45, 2.75) is 53.2 Å². The largest absolute Gasteiger partial charge is 1.00 e. The van der Waals surface area contributed by atoms with Crippen molar-refractivity contribution in [3.63, 3.8) is 0 Å². The molecule has 0 bridgehead atoms. The van der Waals surface area contributed by atoms with E-state index in [1.807, 2.05) is 6.92 Å². The number of hydrogen-bond acceptors (Lipinski definition) is 2. The Morgan fingerprint density at radius 2 is 1.91 bits per heavy atom. The predicted molar refractivity (Wildman–Crippen MR) is 82.1 cm³/mol. The van der Waals surface area contributed by atoms with E-state index >= 15 is 0 Å². The molecule has 0 fully saturated rings. The van der Waals surface area contributed by atoms with E-state index in [0.717, 1.165) is 18.6 Å². The summed E-state index contributed by atoms with van der Waals surface area (Å²) in [5.41, 5.74) is 2.51. The molecule has 1 unspecified atom stereocenters. The third-order valence-electron chi connectivity index (χ3n) is 3.82. The minimum atomic E-state index is -0.669. The van der Waals surface area contributed by atoms with Crippen molar-refractivity contribution in [1.82, 2.24) is 0 Å². The van der Waals surface area contributed by atoms with E-state index in [4.69, 9.17) is 9.47 Å². The Balaban J connectivity index is 0.00000242. The molecule has 0 aromatic carbocycles. The molecule has 0 saturated carbocycles. The van der Waals surface area contributed by atoms with Crippen LogP contribution in [0.3, 0.4) is 0 Å². The summed E-state index contributed by atoms with van der Waals surface area (Å²) >= 11 is 2.12. The fourth-order valence-corrected chi connectivity index (χ4v) is 3.24. The van der Waals surface area contributed by atoms with Gasteiger partial charge < -0.3 is 24.8 Å². The van der Waals surface area contributed by atoms with E-state index in [1.54, 1.807) is 0 Å². The maximum absolute atomic E-state index is 6.44. The average Bonchev–Trinajstić information content (AvgIpc) is 2.77. The van der Waals surface area contributed by atoms with Crippen LogP contribution in [0.25, 0.3) is 0 Å². The summed E-state index contributed by atoms with van der Waals surface area (Å²) in [6.07, 6.45) is 10.4. The molecule has 0 amide bonds. The van der Waals surface area contributed by atoms with Gasteiger partial charge in [-0.1, -0.05) is 0 Å². The van der Waals surface area contributed by atoms with Crippen LogP contribution in [0.2, 0.25) is 0 Å². The summed E-state index contributed by atoms with van der Waals surface area (Å²) in [6, 6.07) is 0. The molecule has 0 aliphatic heterocycles. The summed E-state index contributed by atoms with van der Waals surface area (Å²) in [7, 11) is 0. The standard InChI is InChI=1S/C18H25O2.2ClH.Ti/c1-6-19-18(20-15-9-7-8-10-15)12-11-14(2)13-16(18)17(3,4)5;;;/h7,9,11,13H,6,8,12H2,1-5H3;2*1H;/q;;;+2/p-2. The van der Waals surface area contributed by atoms with Crippen LogP contribution in [-0.4, -0.2) is 12.4 Å². The van der Waals surface area contributed by atoms with Crippen molar-refractivity contribution in [2.75, 3.05) is 6.61 Å². The van der Waals surface area contributed by atoms with E-state index in [1.165, 1.54) is 15.0 Å². The van der Waals surface area contributed by atoms with Crippen molar-refractivity contribution in [3.8, 4) is 0 Å². The SMILES string of the molecule is CCOC1(OC2=[C]([Ti+2])CC=C2)CC=C(C)C=C1C(C)(C)C.[Cl-].[Cl-]. The minimum Gasteiger partial charge on any atom is -1.00 e. The molecule has 5 heteroatoms. The Hall–Kier alpha value is 0.0143. The molecular formula is C18H25Cl2O2Ti. The number of ether oxygens (including phenoxy) is 2. The van der Waals surface area contributed by atoms with Crippen LogP contribution in [0.5, 0.6) is 0 Å². The van der Waals surface area contributed by atoms with Gasteiger partial charge >= 0.3 is 140 Å². The summed E-state index contributed by atoms with van der Waals surface area (Å²) < 4.78 is 13.9. The quantitative estimate of drug-likeness (QED) is 0.442. The van der Waals surface area contributed by atoms with Crippen LogP contribution in [-0.2, 0) is 29.9 Å². The molecule has 2 aliphatic carbocycles. The Kier molecular flexibility index (Phi) is 8.92. The van der Waals surface area contributed by atoms with Crippen LogP contribution in [0.15, 0.2) is 45.1 Å². The zero-order valence-corrected chi connectivity index (χ0v) is 17.6. The van der Waals surface area contributed by atoms with Crippen molar-refractivity contribution in [3.05, 3.63) is 45.1 Å². The first-order chi connectivity index (χ1) is 9.78. The van der Waals surface area contributed by atoms with Crippen molar-refractivity contribution in [1.29, 1.82) is 0 Å². The van der Waals surface area contributed by atoms with Gasteiger partial charge in [-0.05, 0) is 0 Å². The maximum atomic E-state index is 6.44. The van der Waals surface area contributed by atoms with E-state index in [-0.39, 0.29) is 30.2 Å². The molecule has 2 rings (SSSR count). The first-order valence-electron chi connectivity index (χ1n) is 7.62. The van der Waals surface area contributed by atoms with Crippen molar-refractivity contribution >= 4 is 0 Å². The maximum Gasteiger partial charge on any atom is -1.00 e. The normalized spacial score (nSPS) is 23.8. The smallest absolute Gasteiger partial charge is 1.00 e. The predicted octanol–water partition coefficient (Wildman–Crippen LogP) is -1.22. The average molecular weight is 392 g/mol. The molecule has 0 spiro atoms. The monoisotopic (exact) mass is 391 g/mol. The number of rotatable bonds is 4. The summed E-state index contributed by atoms with van der Waals surface area (Å²) in [6.45, 7) is 11.5. The minimum absolute atomic E-state index is 0. The molecule has 2 nitrogen and oxygen atoms in total. The fourth-order valence-electron chi connectivity index (χ4n) is 2.84. The number of halogens is 2. The summed E-state index contributed by atoms with van der Waals surface area (Å²) in [5, 5.41) is 0. The van der Waals surface area contributed by atoms with Crippen LogP contribution in [0.1, 0.15) is 47.5 Å². The summed E-state index contributed by atoms with van der Waals surface area (Å²) in [4.78, 5) is 0. The van der Waals surface area contributed by atoms with E-state index in [9.17, 15) is 0 Å². The Morgan fingerprint density at radius 1 is 1.26 bits per heavy atom. The molecule has 1 atom stereocenters. The van der Waals surface area contributed by atoms with Gasteiger partial charge in [-0.25, -0.2) is 0 Å². The molecule has 0 heterocycles. The topological polar surface area (TPSA) is 18.5 Å². The Labute approximate surface area is 164 Å². The third kappa shape index (κ3) is 5.24. The van der Waals surface area contributed by atoms with Gasteiger partial charge in [0.2, 0.25) is 0 Å². The second-order valence-electron chi connectivity index (χ2n) is 6.70. The van der Waals surface area contributed by atoms with Crippen LogP contribution < -0.4 is 24.8 Å². The molecule has 2 aliphatic rings. The molecule has 127 valence electrons. The summed E-state index contributed by atoms with van der Waals surface area (Å²) in [5.74, 6) is 0.296. The van der Waals surface area contributed by atoms with E-state index in [2.05, 4.69) is 72.4 Å². The third-order valence-corrected chi connectivity index (χ3v) is 4.53.